The van der Waals surface area contributed by atoms with Crippen LogP contribution in [0.4, 0.5) is 4.79 Å². The molecule has 0 bridgehead atoms. The van der Waals surface area contributed by atoms with Crippen molar-refractivity contribution in [3.05, 3.63) is 0 Å². The lowest BCUT2D eigenvalue weighted by molar-refractivity contribution is -0.00655. The third kappa shape index (κ3) is 5.15. The highest BCUT2D eigenvalue weighted by atomic mass is 16.6. The Labute approximate surface area is 128 Å². The molecule has 2 fully saturated rings. The van der Waals surface area contributed by atoms with E-state index in [-0.39, 0.29) is 12.1 Å². The number of rotatable bonds is 2. The Morgan fingerprint density at radius 1 is 1.19 bits per heavy atom. The van der Waals surface area contributed by atoms with Gasteiger partial charge < -0.3 is 20.1 Å². The van der Waals surface area contributed by atoms with Crippen molar-refractivity contribution >= 4 is 6.09 Å². The fourth-order valence-electron chi connectivity index (χ4n) is 3.19. The number of β-amino-alcohol motifs (C(OH)–C–C–N with tert-alkyl or cyclic N) is 1. The summed E-state index contributed by atoms with van der Waals surface area (Å²) in [7, 11) is 0. The van der Waals surface area contributed by atoms with Crippen LogP contribution in [0.5, 0.6) is 0 Å². The first-order chi connectivity index (χ1) is 9.85. The maximum atomic E-state index is 12.0. The molecule has 1 amide bonds. The number of nitrogens with one attached hydrogen (secondary N) is 1. The van der Waals surface area contributed by atoms with Gasteiger partial charge in [0.25, 0.3) is 0 Å². The van der Waals surface area contributed by atoms with E-state index in [0.717, 1.165) is 6.42 Å². The van der Waals surface area contributed by atoms with Crippen LogP contribution in [0.2, 0.25) is 0 Å². The molecule has 2 N–H and O–H groups in total. The molecule has 2 unspecified atom stereocenters. The normalized spacial score (nSPS) is 28.5. The van der Waals surface area contributed by atoms with Crippen molar-refractivity contribution in [1.29, 1.82) is 0 Å². The number of hydrogen-bond donors (Lipinski definition) is 2. The van der Waals surface area contributed by atoms with Crippen LogP contribution in [0.15, 0.2) is 0 Å². The number of aliphatic hydroxyl groups is 1. The molecule has 21 heavy (non-hydrogen) atoms. The number of nitrogens with zero attached hydrogens (tertiary/aromatic N) is 1. The maximum absolute atomic E-state index is 12.0. The van der Waals surface area contributed by atoms with Gasteiger partial charge in [0.15, 0.2) is 0 Å². The van der Waals surface area contributed by atoms with Gasteiger partial charge in [0, 0.05) is 18.6 Å². The lowest BCUT2D eigenvalue weighted by atomic mass is 9.93. The van der Waals surface area contributed by atoms with E-state index in [1.54, 1.807) is 4.90 Å². The summed E-state index contributed by atoms with van der Waals surface area (Å²) < 4.78 is 5.37. The summed E-state index contributed by atoms with van der Waals surface area (Å²) in [6.07, 6.45) is 6.27. The molecule has 5 heteroatoms. The highest BCUT2D eigenvalue weighted by Crippen LogP contribution is 2.21. The molecule has 1 aliphatic heterocycles. The zero-order chi connectivity index (χ0) is 15.5. The van der Waals surface area contributed by atoms with Gasteiger partial charge in [0.1, 0.15) is 5.60 Å². The Kier molecular flexibility index (Phi) is 5.49. The molecule has 0 aromatic heterocycles. The largest absolute Gasteiger partial charge is 0.444 e. The maximum Gasteiger partial charge on any atom is 0.410 e. The second-order valence-electron chi connectivity index (χ2n) is 7.39. The third-order valence-corrected chi connectivity index (χ3v) is 4.29. The number of carbonyl (C=O) groups excluding carboxylic acids is 1. The highest BCUT2D eigenvalue weighted by Gasteiger charge is 2.33. The Morgan fingerprint density at radius 3 is 2.43 bits per heavy atom. The number of ether oxygens (including phenoxy) is 1. The molecule has 1 heterocycles. The molecule has 1 aliphatic carbocycles. The molecule has 2 atom stereocenters. The average molecular weight is 298 g/mol. The molecule has 5 nitrogen and oxygen atoms in total. The molecule has 1 saturated heterocycles. The van der Waals surface area contributed by atoms with E-state index in [4.69, 9.17) is 4.74 Å². The zero-order valence-electron chi connectivity index (χ0n) is 13.6. The number of aliphatic hydroxyl groups excluding tert-OH is 1. The van der Waals surface area contributed by atoms with Crippen LogP contribution in [0.25, 0.3) is 0 Å². The first kappa shape index (κ1) is 16.6. The average Bonchev–Trinajstić information content (AvgIpc) is 2.40. The molecule has 0 radical (unpaired) electrons. The van der Waals surface area contributed by atoms with Crippen molar-refractivity contribution in [1.82, 2.24) is 10.2 Å². The second kappa shape index (κ2) is 6.97. The van der Waals surface area contributed by atoms with Gasteiger partial charge in [-0.05, 0) is 40.0 Å². The summed E-state index contributed by atoms with van der Waals surface area (Å²) in [4.78, 5) is 13.6. The van der Waals surface area contributed by atoms with Crippen LogP contribution in [0.3, 0.4) is 0 Å². The number of amides is 1. The fraction of sp³-hybridized carbons (Fsp3) is 0.938. The van der Waals surface area contributed by atoms with Crippen molar-refractivity contribution in [2.45, 2.75) is 83.1 Å². The minimum absolute atomic E-state index is 0.104. The van der Waals surface area contributed by atoms with E-state index in [2.05, 4.69) is 5.32 Å². The summed E-state index contributed by atoms with van der Waals surface area (Å²) in [5, 5.41) is 13.9. The molecular weight excluding hydrogens is 268 g/mol. The summed E-state index contributed by atoms with van der Waals surface area (Å²) in [5.74, 6) is 0. The summed E-state index contributed by atoms with van der Waals surface area (Å²) in [6.45, 7) is 6.59. The van der Waals surface area contributed by atoms with Gasteiger partial charge in [0.2, 0.25) is 0 Å². The van der Waals surface area contributed by atoms with Crippen LogP contribution in [-0.2, 0) is 4.74 Å². The molecule has 2 rings (SSSR count). The van der Waals surface area contributed by atoms with Crippen LogP contribution in [0.1, 0.15) is 59.3 Å². The Hall–Kier alpha value is -0.810. The van der Waals surface area contributed by atoms with Gasteiger partial charge >= 0.3 is 6.09 Å². The first-order valence-electron chi connectivity index (χ1n) is 8.27. The molecule has 122 valence electrons. The van der Waals surface area contributed by atoms with Crippen molar-refractivity contribution in [3.8, 4) is 0 Å². The SMILES string of the molecule is CC(C)(C)OC(=O)N1CCC(NC2CCCCC2)C(O)C1. The van der Waals surface area contributed by atoms with E-state index in [1.165, 1.54) is 32.1 Å². The predicted molar refractivity (Wildman–Crippen MR) is 82.2 cm³/mol. The Balaban J connectivity index is 1.79. The number of piperidine rings is 1. The molecule has 0 spiro atoms. The fourth-order valence-corrected chi connectivity index (χ4v) is 3.19. The van der Waals surface area contributed by atoms with Crippen molar-refractivity contribution in [2.75, 3.05) is 13.1 Å². The monoisotopic (exact) mass is 298 g/mol. The smallest absolute Gasteiger partial charge is 0.410 e. The standard InChI is InChI=1S/C16H30N2O3/c1-16(2,3)21-15(20)18-10-9-13(14(19)11-18)17-12-7-5-4-6-8-12/h12-14,17,19H,4-11H2,1-3H3. The quantitative estimate of drug-likeness (QED) is 0.821. The summed E-state index contributed by atoms with van der Waals surface area (Å²) >= 11 is 0. The molecule has 2 aliphatic rings. The molecular formula is C16H30N2O3. The number of carbonyl (C=O) groups is 1. The topological polar surface area (TPSA) is 61.8 Å². The lowest BCUT2D eigenvalue weighted by Crippen LogP contribution is -2.56. The summed E-state index contributed by atoms with van der Waals surface area (Å²) in [5.41, 5.74) is -0.487. The van der Waals surface area contributed by atoms with Crippen molar-refractivity contribution < 1.29 is 14.6 Å². The Morgan fingerprint density at radius 2 is 1.86 bits per heavy atom. The predicted octanol–water partition coefficient (Wildman–Crippen LogP) is 2.28. The summed E-state index contributed by atoms with van der Waals surface area (Å²) in [6, 6.07) is 0.637. The molecule has 1 saturated carbocycles. The van der Waals surface area contributed by atoms with E-state index in [0.29, 0.717) is 19.1 Å². The zero-order valence-corrected chi connectivity index (χ0v) is 13.6. The van der Waals surface area contributed by atoms with Gasteiger partial charge in [-0.15, -0.1) is 0 Å². The van der Waals surface area contributed by atoms with Crippen LogP contribution in [0, 0.1) is 0 Å². The van der Waals surface area contributed by atoms with Crippen molar-refractivity contribution in [2.24, 2.45) is 0 Å². The van der Waals surface area contributed by atoms with Gasteiger partial charge in [-0.1, -0.05) is 19.3 Å². The van der Waals surface area contributed by atoms with Gasteiger partial charge in [0.05, 0.1) is 12.6 Å². The highest BCUT2D eigenvalue weighted by molar-refractivity contribution is 5.68. The van der Waals surface area contributed by atoms with E-state index >= 15 is 0 Å². The Bertz CT molecular complexity index is 348. The molecule has 0 aromatic carbocycles. The minimum atomic E-state index is -0.506. The van der Waals surface area contributed by atoms with E-state index < -0.39 is 11.7 Å². The van der Waals surface area contributed by atoms with Crippen LogP contribution >= 0.6 is 0 Å². The third-order valence-electron chi connectivity index (χ3n) is 4.29. The van der Waals surface area contributed by atoms with Gasteiger partial charge in [-0.2, -0.15) is 0 Å². The van der Waals surface area contributed by atoms with Gasteiger partial charge in [-0.3, -0.25) is 0 Å². The molecule has 0 aromatic rings. The van der Waals surface area contributed by atoms with E-state index in [9.17, 15) is 9.90 Å². The number of likely N-dealkylation sites (tertiary alicyclic amines) is 1. The van der Waals surface area contributed by atoms with E-state index in [1.807, 2.05) is 20.8 Å². The first-order valence-corrected chi connectivity index (χ1v) is 8.27. The van der Waals surface area contributed by atoms with Crippen LogP contribution in [-0.4, -0.2) is 53.0 Å². The van der Waals surface area contributed by atoms with Crippen molar-refractivity contribution in [3.63, 3.8) is 0 Å². The van der Waals surface area contributed by atoms with Gasteiger partial charge in [-0.25, -0.2) is 4.79 Å². The van der Waals surface area contributed by atoms with Crippen LogP contribution < -0.4 is 5.32 Å². The minimum Gasteiger partial charge on any atom is -0.444 e. The number of hydrogen-bond acceptors (Lipinski definition) is 4. The second-order valence-corrected chi connectivity index (χ2v) is 7.39. The lowest BCUT2D eigenvalue weighted by Gasteiger charge is -2.39.